The number of guanidine groups is 1. The summed E-state index contributed by atoms with van der Waals surface area (Å²) >= 11 is 0. The van der Waals surface area contributed by atoms with Crippen LogP contribution in [0, 0.1) is 0 Å². The largest absolute Gasteiger partial charge is 0.508 e. The maximum Gasteiger partial charge on any atom is 0.246 e. The highest BCUT2D eigenvalue weighted by atomic mass is 16.3. The first-order chi connectivity index (χ1) is 45.8. The van der Waals surface area contributed by atoms with Crippen LogP contribution in [0.5, 0.6) is 5.75 Å². The number of amides is 10. The van der Waals surface area contributed by atoms with E-state index in [0.717, 1.165) is 10.9 Å². The van der Waals surface area contributed by atoms with Gasteiger partial charge in [0, 0.05) is 116 Å². The first kappa shape index (κ1) is 68.3. The van der Waals surface area contributed by atoms with Crippen molar-refractivity contribution in [2.24, 2.45) is 16.5 Å². The van der Waals surface area contributed by atoms with Crippen LogP contribution in [0.2, 0.25) is 0 Å². The van der Waals surface area contributed by atoms with E-state index in [1.807, 2.05) is 24.3 Å². The second-order valence-electron chi connectivity index (χ2n) is 23.4. The fourth-order valence-corrected chi connectivity index (χ4v) is 11.7. The molecule has 0 radical (unpaired) electrons. The van der Waals surface area contributed by atoms with Crippen molar-refractivity contribution in [1.82, 2.24) is 82.7 Å². The van der Waals surface area contributed by atoms with Crippen LogP contribution >= 0.6 is 0 Å². The smallest absolute Gasteiger partial charge is 0.246 e. The molecule has 0 spiro atoms. The van der Waals surface area contributed by atoms with Gasteiger partial charge in [0.25, 0.3) is 0 Å². The monoisotopic (exact) mass is 1310 g/mol. The zero-order chi connectivity index (χ0) is 67.5. The molecular weight excluding hydrogens is 1230 g/mol. The Morgan fingerprint density at radius 2 is 1.12 bits per heavy atom. The molecule has 502 valence electrons. The molecule has 0 aliphatic carbocycles. The highest BCUT2D eigenvalue weighted by molar-refractivity contribution is 6.00. The fraction of sp³-hybridized carbons (Fsp3) is 0.391. The van der Waals surface area contributed by atoms with Crippen molar-refractivity contribution in [2.45, 2.75) is 132 Å². The zero-order valence-corrected chi connectivity index (χ0v) is 52.1. The summed E-state index contributed by atoms with van der Waals surface area (Å²) in [4.78, 5) is 168. The van der Waals surface area contributed by atoms with E-state index in [4.69, 9.17) is 11.5 Å². The molecule has 9 atom stereocenters. The SMILES string of the molecule is CCNC(=O)[C@@H]1CCCN1C(=O)[C@H](Cc1ccc(O)cc1)NC(=O)[C@H](Cc1c[nH]c2ccccc12)NC(=O)[C@@H](CCCN=C(N)N)NC(=O)[C@H](Cc1cnc[nH]1)NC(=O)[C@H](CO)NC(=O)[C@H](Cc1c[nH]c2ccccc12)NC(=O)[C@H](Cc1cnc[nH]1)NC(=O)[C@@H]1CCC(=O)N1. The predicted molar refractivity (Wildman–Crippen MR) is 345 cm³/mol. The van der Waals surface area contributed by atoms with Gasteiger partial charge in [0.1, 0.15) is 60.1 Å². The van der Waals surface area contributed by atoms with E-state index in [9.17, 15) is 48.6 Å². The molecule has 95 heavy (non-hydrogen) atoms. The van der Waals surface area contributed by atoms with Crippen LogP contribution in [0.3, 0.4) is 0 Å². The van der Waals surface area contributed by atoms with Crippen molar-refractivity contribution in [2.75, 3.05) is 26.2 Å². The van der Waals surface area contributed by atoms with Crippen molar-refractivity contribution in [3.8, 4) is 5.75 Å². The number of aromatic nitrogens is 6. The Balaban J connectivity index is 0.966. The third kappa shape index (κ3) is 18.4. The maximum atomic E-state index is 15.1. The molecule has 10 amide bonds. The van der Waals surface area contributed by atoms with Crippen molar-refractivity contribution in [3.63, 3.8) is 0 Å². The Morgan fingerprint density at radius 3 is 1.63 bits per heavy atom. The number of aliphatic hydroxyl groups is 1. The number of nitrogens with zero attached hydrogens (tertiary/aromatic N) is 4. The summed E-state index contributed by atoms with van der Waals surface area (Å²) in [7, 11) is 0. The van der Waals surface area contributed by atoms with Crippen LogP contribution in [0.4, 0.5) is 0 Å². The van der Waals surface area contributed by atoms with Gasteiger partial charge in [-0.3, -0.25) is 52.9 Å². The summed E-state index contributed by atoms with van der Waals surface area (Å²) < 4.78 is 0. The molecule has 0 unspecified atom stereocenters. The van der Waals surface area contributed by atoms with Gasteiger partial charge in [0.15, 0.2) is 5.96 Å². The molecular formula is C64H79N19O12. The zero-order valence-electron chi connectivity index (χ0n) is 52.1. The van der Waals surface area contributed by atoms with Gasteiger partial charge in [0.05, 0.1) is 19.3 Å². The molecule has 3 aromatic carbocycles. The minimum Gasteiger partial charge on any atom is -0.508 e. The van der Waals surface area contributed by atoms with Gasteiger partial charge >= 0.3 is 0 Å². The lowest BCUT2D eigenvalue weighted by atomic mass is 10.0. The lowest BCUT2D eigenvalue weighted by molar-refractivity contribution is -0.141. The second-order valence-corrected chi connectivity index (χ2v) is 23.4. The van der Waals surface area contributed by atoms with Crippen molar-refractivity contribution in [3.05, 3.63) is 138 Å². The van der Waals surface area contributed by atoms with Gasteiger partial charge < -0.3 is 94.4 Å². The molecule has 2 saturated heterocycles. The summed E-state index contributed by atoms with van der Waals surface area (Å²) in [5, 5.41) is 46.7. The number of aromatic amines is 4. The van der Waals surface area contributed by atoms with Crippen LogP contribution in [-0.4, -0.2) is 191 Å². The van der Waals surface area contributed by atoms with E-state index in [2.05, 4.69) is 82.7 Å². The number of carbonyl (C=O) groups is 10. The minimum absolute atomic E-state index is 0.0103. The molecule has 6 heterocycles. The van der Waals surface area contributed by atoms with E-state index in [-0.39, 0.29) is 94.4 Å². The van der Waals surface area contributed by atoms with Crippen molar-refractivity contribution in [1.29, 1.82) is 0 Å². The summed E-state index contributed by atoms with van der Waals surface area (Å²) in [5.74, 6) is -7.66. The van der Waals surface area contributed by atoms with Gasteiger partial charge in [-0.05, 0) is 80.0 Å². The number of imidazole rings is 2. The molecule has 2 fully saturated rings. The number of H-pyrrole nitrogens is 4. The third-order valence-electron chi connectivity index (χ3n) is 16.6. The predicted octanol–water partition coefficient (Wildman–Crippen LogP) is -1.84. The maximum absolute atomic E-state index is 15.1. The standard InChI is InChI=1S/C64H79N19O12/c1-2-69-62(94)53-14-8-22-83(53)63(95)51(23-35-15-17-40(85)18-16-35)81-57(89)47(24-36-28-71-43-11-5-3-9-41(36)43)77-55(87)45(13-7-21-70-64(65)66)76-59(91)49(26-38-30-67-33-73-38)80-61(93)52(32-84)82-58(90)48(25-37-29-72-44-12-6-4-10-42(37)44)78-60(92)50(27-39-31-68-34-74-39)79-56(88)46-19-20-54(86)75-46/h3-6,9-12,15-18,28-31,33-34,45-53,71-72,84-85H,2,7-8,13-14,19-27,32H2,1H3,(H,67,73)(H,68,74)(H,69,94)(H,75,86)(H,76,91)(H,77,87)(H,78,92)(H,79,88)(H,80,93)(H,81,89)(H,82,90)(H4,65,66,70)/t45-,46+,47+,48+,49+,50+,51+,52+,53+/m1/s1. The molecule has 0 saturated carbocycles. The Kier molecular flexibility index (Phi) is 23.3. The summed E-state index contributed by atoms with van der Waals surface area (Å²) in [6, 6.07) is 8.37. The average Bonchev–Trinajstić information content (AvgIpc) is 1.76. The lowest BCUT2D eigenvalue weighted by Crippen LogP contribution is -2.61. The number of benzene rings is 3. The highest BCUT2D eigenvalue weighted by Crippen LogP contribution is 2.24. The summed E-state index contributed by atoms with van der Waals surface area (Å²) in [5.41, 5.74) is 15.3. The molecule has 31 nitrogen and oxygen atoms in total. The van der Waals surface area contributed by atoms with E-state index < -0.39 is 108 Å². The number of phenols is 1. The number of carbonyl (C=O) groups excluding carboxylic acids is 10. The molecule has 31 heteroatoms. The third-order valence-corrected chi connectivity index (χ3v) is 16.6. The number of fused-ring (bicyclic) bond motifs is 2. The Bertz CT molecular complexity index is 3870. The first-order valence-electron chi connectivity index (χ1n) is 31.3. The van der Waals surface area contributed by atoms with Crippen molar-refractivity contribution >= 4 is 86.8 Å². The molecule has 2 aliphatic heterocycles. The number of rotatable bonds is 32. The fourth-order valence-electron chi connectivity index (χ4n) is 11.7. The van der Waals surface area contributed by atoms with E-state index in [0.29, 0.717) is 58.4 Å². The Morgan fingerprint density at radius 1 is 0.611 bits per heavy atom. The van der Waals surface area contributed by atoms with Crippen LogP contribution in [-0.2, 0) is 80.0 Å². The molecule has 0 bridgehead atoms. The number of hydrogen-bond acceptors (Lipinski definition) is 15. The molecule has 2 aliphatic rings. The van der Waals surface area contributed by atoms with Crippen LogP contribution in [0.1, 0.15) is 73.5 Å². The first-order valence-corrected chi connectivity index (χ1v) is 31.3. The number of hydrogen-bond donors (Lipinski definition) is 17. The number of aromatic hydroxyl groups is 1. The lowest BCUT2D eigenvalue weighted by Gasteiger charge is -2.30. The normalized spacial score (nSPS) is 16.6. The summed E-state index contributed by atoms with van der Waals surface area (Å²) in [6.07, 6.45) is 9.20. The Labute approximate surface area is 544 Å². The van der Waals surface area contributed by atoms with Gasteiger partial charge in [-0.2, -0.15) is 0 Å². The van der Waals surface area contributed by atoms with E-state index in [1.54, 1.807) is 55.7 Å². The number of phenolic OH excluding ortho intramolecular Hbond substituents is 1. The number of aliphatic imine (C=N–C) groups is 1. The number of likely N-dealkylation sites (tertiary alicyclic amines) is 1. The van der Waals surface area contributed by atoms with E-state index >= 15 is 9.59 Å². The summed E-state index contributed by atoms with van der Waals surface area (Å²) in [6.45, 7) is 1.27. The van der Waals surface area contributed by atoms with Gasteiger partial charge in [-0.1, -0.05) is 48.5 Å². The number of para-hydroxylation sites is 2. The molecule has 4 aromatic heterocycles. The number of nitrogens with two attached hydrogens (primary N) is 2. The molecule has 19 N–H and O–H groups in total. The number of likely N-dealkylation sites (N-methyl/N-ethyl adjacent to an activating group) is 1. The molecule has 7 aromatic rings. The quantitative estimate of drug-likeness (QED) is 0.0125. The minimum atomic E-state index is -1.79. The van der Waals surface area contributed by atoms with Crippen LogP contribution in [0.15, 0.2) is 115 Å². The number of aliphatic hydroxyl groups excluding tert-OH is 1. The van der Waals surface area contributed by atoms with E-state index in [1.165, 1.54) is 42.1 Å². The number of nitrogens with one attached hydrogen (secondary N) is 13. The second kappa shape index (κ2) is 32.4. The average molecular weight is 1310 g/mol. The Hall–Kier alpha value is -11.1. The van der Waals surface area contributed by atoms with Crippen LogP contribution < -0.4 is 59.3 Å². The van der Waals surface area contributed by atoms with Crippen molar-refractivity contribution < 1.29 is 58.2 Å². The molecule has 9 rings (SSSR count). The van der Waals surface area contributed by atoms with Gasteiger partial charge in [-0.15, -0.1) is 0 Å². The highest BCUT2D eigenvalue weighted by Gasteiger charge is 2.40. The van der Waals surface area contributed by atoms with Crippen LogP contribution in [0.25, 0.3) is 21.8 Å². The van der Waals surface area contributed by atoms with Gasteiger partial charge in [0.2, 0.25) is 59.1 Å². The van der Waals surface area contributed by atoms with Gasteiger partial charge in [-0.25, -0.2) is 9.97 Å². The topological polar surface area (TPSA) is 476 Å².